The van der Waals surface area contributed by atoms with Gasteiger partial charge in [0, 0.05) is 10.7 Å². The Hall–Kier alpha value is -2.05. The van der Waals surface area contributed by atoms with E-state index in [4.69, 9.17) is 11.6 Å². The van der Waals surface area contributed by atoms with E-state index in [1.54, 1.807) is 35.7 Å². The quantitative estimate of drug-likeness (QED) is 0.847. The molecule has 104 valence electrons. The minimum absolute atomic E-state index is 0.346. The van der Waals surface area contributed by atoms with Crippen LogP contribution in [0.3, 0.4) is 0 Å². The van der Waals surface area contributed by atoms with Crippen molar-refractivity contribution in [2.24, 2.45) is 0 Å². The van der Waals surface area contributed by atoms with Gasteiger partial charge in [0.25, 0.3) is 0 Å². The molecule has 1 heterocycles. The summed E-state index contributed by atoms with van der Waals surface area (Å²) < 4.78 is 4.63. The van der Waals surface area contributed by atoms with E-state index in [1.165, 1.54) is 18.4 Å². The molecule has 0 fully saturated rings. The lowest BCUT2D eigenvalue weighted by atomic mass is 10.3. The van der Waals surface area contributed by atoms with E-state index in [1.807, 2.05) is 0 Å². The fourth-order valence-corrected chi connectivity index (χ4v) is 2.37. The molecular formula is C13H11ClN2O3S. The number of hydrogen-bond acceptors (Lipinski definition) is 4. The lowest BCUT2D eigenvalue weighted by molar-refractivity contribution is 0.0607. The third-order valence-electron chi connectivity index (χ3n) is 2.39. The maximum atomic E-state index is 11.8. The maximum Gasteiger partial charge on any atom is 0.350 e. The Kier molecular flexibility index (Phi) is 4.60. The van der Waals surface area contributed by atoms with Crippen LogP contribution in [0.1, 0.15) is 9.67 Å². The summed E-state index contributed by atoms with van der Waals surface area (Å²) in [6, 6.07) is 7.88. The molecular weight excluding hydrogens is 300 g/mol. The second kappa shape index (κ2) is 6.40. The molecule has 20 heavy (non-hydrogen) atoms. The minimum Gasteiger partial charge on any atom is -0.465 e. The zero-order chi connectivity index (χ0) is 14.5. The standard InChI is InChI=1S/C13H11ClN2O3S/c1-19-12(17)11-10(6-7-20-11)16-13(18)15-9-4-2-8(14)3-5-9/h2-7H,1H3,(H2,15,16,18). The van der Waals surface area contributed by atoms with Gasteiger partial charge in [-0.15, -0.1) is 11.3 Å². The van der Waals surface area contributed by atoms with Gasteiger partial charge < -0.3 is 15.4 Å². The molecule has 2 rings (SSSR count). The molecule has 0 saturated carbocycles. The molecule has 0 aliphatic rings. The normalized spacial score (nSPS) is 9.90. The van der Waals surface area contributed by atoms with Crippen LogP contribution >= 0.6 is 22.9 Å². The van der Waals surface area contributed by atoms with Crippen molar-refractivity contribution in [3.05, 3.63) is 45.6 Å². The summed E-state index contributed by atoms with van der Waals surface area (Å²) in [6.07, 6.45) is 0. The maximum absolute atomic E-state index is 11.8. The first-order valence-electron chi connectivity index (χ1n) is 5.59. The van der Waals surface area contributed by atoms with E-state index < -0.39 is 12.0 Å². The molecule has 0 atom stereocenters. The number of carbonyl (C=O) groups is 2. The summed E-state index contributed by atoms with van der Waals surface area (Å²) in [5, 5.41) is 7.51. The van der Waals surface area contributed by atoms with Crippen LogP contribution in [-0.2, 0) is 4.74 Å². The van der Waals surface area contributed by atoms with Crippen LogP contribution in [-0.4, -0.2) is 19.1 Å². The molecule has 2 aromatic rings. The van der Waals surface area contributed by atoms with Crippen molar-refractivity contribution in [1.82, 2.24) is 0 Å². The number of nitrogens with one attached hydrogen (secondary N) is 2. The lowest BCUT2D eigenvalue weighted by Gasteiger charge is -2.07. The van der Waals surface area contributed by atoms with Crippen LogP contribution in [0, 0.1) is 0 Å². The van der Waals surface area contributed by atoms with Crippen molar-refractivity contribution < 1.29 is 14.3 Å². The van der Waals surface area contributed by atoms with Crippen molar-refractivity contribution in [3.63, 3.8) is 0 Å². The monoisotopic (exact) mass is 310 g/mol. The fraction of sp³-hybridized carbons (Fsp3) is 0.0769. The van der Waals surface area contributed by atoms with E-state index in [2.05, 4.69) is 15.4 Å². The number of anilines is 2. The molecule has 0 bridgehead atoms. The number of hydrogen-bond donors (Lipinski definition) is 2. The molecule has 2 amide bonds. The third-order valence-corrected chi connectivity index (χ3v) is 3.53. The Morgan fingerprint density at radius 3 is 2.50 bits per heavy atom. The van der Waals surface area contributed by atoms with Gasteiger partial charge in [0.1, 0.15) is 4.88 Å². The third kappa shape index (κ3) is 3.49. The molecule has 0 unspecified atom stereocenters. The molecule has 1 aromatic carbocycles. The van der Waals surface area contributed by atoms with Gasteiger partial charge in [-0.3, -0.25) is 0 Å². The molecule has 0 spiro atoms. The number of thiophene rings is 1. The zero-order valence-electron chi connectivity index (χ0n) is 10.5. The van der Waals surface area contributed by atoms with E-state index >= 15 is 0 Å². The van der Waals surface area contributed by atoms with Gasteiger partial charge in [-0.1, -0.05) is 11.6 Å². The minimum atomic E-state index is -0.484. The average molecular weight is 311 g/mol. The number of methoxy groups -OCH3 is 1. The van der Waals surface area contributed by atoms with Crippen molar-refractivity contribution in [1.29, 1.82) is 0 Å². The first-order chi connectivity index (χ1) is 9.60. The molecule has 1 aromatic heterocycles. The van der Waals surface area contributed by atoms with Gasteiger partial charge in [0.15, 0.2) is 0 Å². The number of halogens is 1. The highest BCUT2D eigenvalue weighted by Crippen LogP contribution is 2.23. The highest BCUT2D eigenvalue weighted by Gasteiger charge is 2.15. The predicted molar refractivity (Wildman–Crippen MR) is 79.8 cm³/mol. The number of benzene rings is 1. The highest BCUT2D eigenvalue weighted by molar-refractivity contribution is 7.12. The smallest absolute Gasteiger partial charge is 0.350 e. The number of rotatable bonds is 3. The molecule has 2 N–H and O–H groups in total. The van der Waals surface area contributed by atoms with Crippen LogP contribution in [0.4, 0.5) is 16.2 Å². The predicted octanol–water partition coefficient (Wildman–Crippen LogP) is 3.83. The van der Waals surface area contributed by atoms with Crippen LogP contribution in [0.5, 0.6) is 0 Å². The number of urea groups is 1. The summed E-state index contributed by atoms with van der Waals surface area (Å²) in [6.45, 7) is 0. The first kappa shape index (κ1) is 14.4. The van der Waals surface area contributed by atoms with Gasteiger partial charge in [-0.25, -0.2) is 9.59 Å². The Morgan fingerprint density at radius 1 is 1.15 bits per heavy atom. The molecule has 0 radical (unpaired) electrons. The number of carbonyl (C=O) groups excluding carboxylic acids is 2. The largest absolute Gasteiger partial charge is 0.465 e. The summed E-state index contributed by atoms with van der Waals surface area (Å²) in [5.41, 5.74) is 1.01. The molecule has 0 aliphatic heterocycles. The Labute approximate surface area is 124 Å². The Bertz CT molecular complexity index is 625. The first-order valence-corrected chi connectivity index (χ1v) is 6.85. The molecule has 0 aliphatic carbocycles. The summed E-state index contributed by atoms with van der Waals surface area (Å²) in [5.74, 6) is -0.484. The van der Waals surface area contributed by atoms with Gasteiger partial charge in [-0.2, -0.15) is 0 Å². The van der Waals surface area contributed by atoms with Crippen LogP contribution < -0.4 is 10.6 Å². The Balaban J connectivity index is 2.03. The van der Waals surface area contributed by atoms with Gasteiger partial charge in [0.2, 0.25) is 0 Å². The fourth-order valence-electron chi connectivity index (χ4n) is 1.48. The second-order valence-electron chi connectivity index (χ2n) is 3.74. The van der Waals surface area contributed by atoms with E-state index in [9.17, 15) is 9.59 Å². The van der Waals surface area contributed by atoms with Crippen LogP contribution in [0.25, 0.3) is 0 Å². The van der Waals surface area contributed by atoms with E-state index in [-0.39, 0.29) is 0 Å². The van der Waals surface area contributed by atoms with Crippen LogP contribution in [0.15, 0.2) is 35.7 Å². The number of esters is 1. The summed E-state index contributed by atoms with van der Waals surface area (Å²) >= 11 is 6.95. The zero-order valence-corrected chi connectivity index (χ0v) is 12.0. The van der Waals surface area contributed by atoms with E-state index in [0.717, 1.165) is 0 Å². The lowest BCUT2D eigenvalue weighted by Crippen LogP contribution is -2.20. The SMILES string of the molecule is COC(=O)c1sccc1NC(=O)Nc1ccc(Cl)cc1. The number of ether oxygens (including phenoxy) is 1. The molecule has 7 heteroatoms. The molecule has 5 nitrogen and oxygen atoms in total. The van der Waals surface area contributed by atoms with E-state index in [0.29, 0.717) is 21.3 Å². The van der Waals surface area contributed by atoms with Gasteiger partial charge in [0.05, 0.1) is 12.8 Å². The Morgan fingerprint density at radius 2 is 1.85 bits per heavy atom. The van der Waals surface area contributed by atoms with Crippen LogP contribution in [0.2, 0.25) is 5.02 Å². The average Bonchev–Trinajstić information content (AvgIpc) is 2.88. The van der Waals surface area contributed by atoms with Crippen molar-refractivity contribution >= 4 is 46.3 Å². The summed E-state index contributed by atoms with van der Waals surface area (Å²) in [4.78, 5) is 23.6. The highest BCUT2D eigenvalue weighted by atomic mass is 35.5. The second-order valence-corrected chi connectivity index (χ2v) is 5.09. The van der Waals surface area contributed by atoms with Crippen molar-refractivity contribution in [2.75, 3.05) is 17.7 Å². The summed E-state index contributed by atoms with van der Waals surface area (Å²) in [7, 11) is 1.29. The topological polar surface area (TPSA) is 67.4 Å². The van der Waals surface area contributed by atoms with Crippen molar-refractivity contribution in [2.45, 2.75) is 0 Å². The van der Waals surface area contributed by atoms with Crippen molar-refractivity contribution in [3.8, 4) is 0 Å². The number of amides is 2. The molecule has 0 saturated heterocycles. The van der Waals surface area contributed by atoms with Gasteiger partial charge >= 0.3 is 12.0 Å². The van der Waals surface area contributed by atoms with Gasteiger partial charge in [-0.05, 0) is 35.7 Å².